The third kappa shape index (κ3) is 3.85. The fraction of sp³-hybridized carbons (Fsp3) is 0.750. The lowest BCUT2D eigenvalue weighted by Gasteiger charge is -2.36. The average Bonchev–Trinajstić information content (AvgIpc) is 2.27. The monoisotopic (exact) mass is 361 g/mol. The Morgan fingerprint density at radius 2 is 2.06 bits per heavy atom. The quantitative estimate of drug-likeness (QED) is 0.410. The van der Waals surface area contributed by atoms with Gasteiger partial charge in [-0.3, -0.25) is 0 Å². The van der Waals surface area contributed by atoms with Crippen molar-refractivity contribution >= 4 is 34.9 Å². The molecule has 1 heterocycles. The average molecular weight is 361 g/mol. The molecule has 1 aliphatic rings. The molecule has 4 atom stereocenters. The van der Waals surface area contributed by atoms with Gasteiger partial charge in [0.1, 0.15) is 4.11 Å². The van der Waals surface area contributed by atoms with E-state index >= 15 is 0 Å². The van der Waals surface area contributed by atoms with Gasteiger partial charge in [-0.05, 0) is 22.6 Å². The lowest BCUT2D eigenvalue weighted by Crippen LogP contribution is -2.57. The number of methoxy groups -OCH3 is 1. The molecular weight excluding hydrogens is 349 g/mol. The van der Waals surface area contributed by atoms with E-state index < -0.39 is 34.7 Å². The predicted molar refractivity (Wildman–Crippen MR) is 61.9 cm³/mol. The maximum atomic E-state index is 11.0. The molecule has 1 aliphatic heterocycles. The second-order valence-corrected chi connectivity index (χ2v) is 4.46. The molecule has 0 spiro atoms. The zero-order valence-electron chi connectivity index (χ0n) is 8.87. The molecule has 1 fully saturated rings. The summed E-state index contributed by atoms with van der Waals surface area (Å²) in [7, 11) is 1.14. The lowest BCUT2D eigenvalue weighted by atomic mass is 10.0. The molecule has 0 aromatic heterocycles. The van der Waals surface area contributed by atoms with E-state index in [1.165, 1.54) is 0 Å². The number of nitrogens with two attached hydrogens (primary N) is 1. The molecule has 17 heavy (non-hydrogen) atoms. The van der Waals surface area contributed by atoms with Crippen LogP contribution in [0.1, 0.15) is 0 Å². The summed E-state index contributed by atoms with van der Waals surface area (Å²) in [6.45, 7) is 0.118. The summed E-state index contributed by atoms with van der Waals surface area (Å²) in [4.78, 5) is 21.5. The van der Waals surface area contributed by atoms with Gasteiger partial charge >= 0.3 is 12.3 Å². The van der Waals surface area contributed by atoms with E-state index in [4.69, 9.17) is 20.3 Å². The molecule has 98 valence electrons. The normalized spacial score (nSPS) is 32.6. The Morgan fingerprint density at radius 1 is 1.41 bits per heavy atom. The Kier molecular flexibility index (Phi) is 5.21. The maximum Gasteiger partial charge on any atom is 0.508 e. The highest BCUT2D eigenvalue weighted by Crippen LogP contribution is 2.25. The molecule has 0 unspecified atom stereocenters. The molecule has 0 aromatic carbocycles. The molecule has 0 aromatic rings. The summed E-state index contributed by atoms with van der Waals surface area (Å²) in [6.07, 6.45) is -4.37. The summed E-state index contributed by atoms with van der Waals surface area (Å²) >= 11 is 1.86. The standard InChI is InChI=1S/C8H12INO7/c1-14-8(13)17-5-4(16-7(11)12)3(10)2-15-6(5)9/h3-6H,2,10H2,1H3,(H,11,12)/t3-,4+,5-,6+/m0/s1. The molecule has 0 saturated carbocycles. The first-order valence-electron chi connectivity index (χ1n) is 4.61. The van der Waals surface area contributed by atoms with E-state index in [9.17, 15) is 9.59 Å². The van der Waals surface area contributed by atoms with E-state index in [-0.39, 0.29) is 6.61 Å². The van der Waals surface area contributed by atoms with Gasteiger partial charge in [-0.15, -0.1) is 0 Å². The summed E-state index contributed by atoms with van der Waals surface area (Å²) < 4.78 is 18.5. The summed E-state index contributed by atoms with van der Waals surface area (Å²) in [5.41, 5.74) is 5.65. The molecule has 9 heteroatoms. The van der Waals surface area contributed by atoms with Crippen LogP contribution in [0.5, 0.6) is 0 Å². The van der Waals surface area contributed by atoms with Crippen molar-refractivity contribution in [1.82, 2.24) is 0 Å². The van der Waals surface area contributed by atoms with Gasteiger partial charge in [-0.25, -0.2) is 9.59 Å². The van der Waals surface area contributed by atoms with Crippen molar-refractivity contribution in [3.63, 3.8) is 0 Å². The molecule has 8 nitrogen and oxygen atoms in total. The van der Waals surface area contributed by atoms with E-state index in [0.717, 1.165) is 7.11 Å². The first kappa shape index (κ1) is 14.3. The van der Waals surface area contributed by atoms with Gasteiger partial charge in [0.05, 0.1) is 19.8 Å². The molecule has 0 aliphatic carbocycles. The first-order valence-corrected chi connectivity index (χ1v) is 5.85. The SMILES string of the molecule is COC(=O)O[C@H]1[C@H](OC(=O)O)[C@@H](N)CO[C@H]1I. The van der Waals surface area contributed by atoms with Crippen LogP contribution >= 0.6 is 22.6 Å². The number of ether oxygens (including phenoxy) is 4. The zero-order valence-corrected chi connectivity index (χ0v) is 11.0. The predicted octanol–water partition coefficient (Wildman–Crippen LogP) is 0.320. The van der Waals surface area contributed by atoms with Gasteiger partial charge < -0.3 is 29.8 Å². The highest BCUT2D eigenvalue weighted by atomic mass is 127. The van der Waals surface area contributed by atoms with Crippen LogP contribution in [0.25, 0.3) is 0 Å². The second kappa shape index (κ2) is 6.21. The van der Waals surface area contributed by atoms with Crippen molar-refractivity contribution in [2.45, 2.75) is 22.4 Å². The Balaban J connectivity index is 2.76. The Labute approximate surface area is 110 Å². The van der Waals surface area contributed by atoms with E-state index in [1.54, 1.807) is 0 Å². The van der Waals surface area contributed by atoms with Crippen LogP contribution in [0.3, 0.4) is 0 Å². The van der Waals surface area contributed by atoms with Crippen LogP contribution in [-0.2, 0) is 18.9 Å². The number of hydrogen-bond acceptors (Lipinski definition) is 7. The number of alkyl halides is 1. The molecule has 0 radical (unpaired) electrons. The van der Waals surface area contributed by atoms with Crippen molar-refractivity contribution in [2.24, 2.45) is 5.73 Å². The molecule has 1 rings (SSSR count). The molecule has 0 bridgehead atoms. The topological polar surface area (TPSA) is 117 Å². The third-order valence-electron chi connectivity index (χ3n) is 2.09. The highest BCUT2D eigenvalue weighted by molar-refractivity contribution is 14.1. The van der Waals surface area contributed by atoms with E-state index in [2.05, 4.69) is 9.47 Å². The van der Waals surface area contributed by atoms with Gasteiger partial charge in [-0.1, -0.05) is 0 Å². The molecule has 0 amide bonds. The minimum absolute atomic E-state index is 0.118. The first-order chi connectivity index (χ1) is 7.95. The molecular formula is C8H12INO7. The smallest absolute Gasteiger partial charge is 0.450 e. The van der Waals surface area contributed by atoms with Crippen LogP contribution < -0.4 is 5.73 Å². The Bertz CT molecular complexity index is 300. The third-order valence-corrected chi connectivity index (χ3v) is 3.16. The minimum atomic E-state index is -1.49. The van der Waals surface area contributed by atoms with Crippen LogP contribution in [0.15, 0.2) is 0 Å². The fourth-order valence-electron chi connectivity index (χ4n) is 1.34. The van der Waals surface area contributed by atoms with Crippen molar-refractivity contribution in [1.29, 1.82) is 0 Å². The largest absolute Gasteiger partial charge is 0.508 e. The van der Waals surface area contributed by atoms with Crippen molar-refractivity contribution in [3.8, 4) is 0 Å². The fourth-order valence-corrected chi connectivity index (χ4v) is 2.10. The van der Waals surface area contributed by atoms with Crippen LogP contribution in [0.2, 0.25) is 0 Å². The van der Waals surface area contributed by atoms with Crippen molar-refractivity contribution in [2.75, 3.05) is 13.7 Å². The van der Waals surface area contributed by atoms with E-state index in [0.29, 0.717) is 0 Å². The number of hydrogen-bond donors (Lipinski definition) is 2. The number of rotatable bonds is 2. The lowest BCUT2D eigenvalue weighted by molar-refractivity contribution is -0.126. The van der Waals surface area contributed by atoms with Gasteiger partial charge in [0.2, 0.25) is 0 Å². The summed E-state index contributed by atoms with van der Waals surface area (Å²) in [6, 6.07) is -0.702. The Hall–Kier alpha value is -0.810. The number of carbonyl (C=O) groups excluding carboxylic acids is 1. The summed E-state index contributed by atoms with van der Waals surface area (Å²) in [5, 5.41) is 8.59. The Morgan fingerprint density at radius 3 is 2.59 bits per heavy atom. The van der Waals surface area contributed by atoms with E-state index in [1.807, 2.05) is 22.6 Å². The number of halogens is 1. The van der Waals surface area contributed by atoms with Crippen molar-refractivity contribution in [3.05, 3.63) is 0 Å². The highest BCUT2D eigenvalue weighted by Gasteiger charge is 2.43. The van der Waals surface area contributed by atoms with Crippen LogP contribution in [0, 0.1) is 0 Å². The van der Waals surface area contributed by atoms with Crippen LogP contribution in [-0.4, -0.2) is 53.5 Å². The second-order valence-electron chi connectivity index (χ2n) is 3.23. The van der Waals surface area contributed by atoms with Crippen molar-refractivity contribution < 1.29 is 33.6 Å². The molecule has 3 N–H and O–H groups in total. The summed E-state index contributed by atoms with van der Waals surface area (Å²) in [5.74, 6) is 0. The zero-order chi connectivity index (χ0) is 13.0. The maximum absolute atomic E-state index is 11.0. The van der Waals surface area contributed by atoms with Gasteiger partial charge in [0.15, 0.2) is 12.2 Å². The minimum Gasteiger partial charge on any atom is -0.450 e. The number of carboxylic acid groups (broad SMARTS) is 1. The number of carbonyl (C=O) groups is 2. The van der Waals surface area contributed by atoms with Gasteiger partial charge in [0, 0.05) is 0 Å². The molecule has 1 saturated heterocycles. The van der Waals surface area contributed by atoms with Crippen LogP contribution in [0.4, 0.5) is 9.59 Å². The van der Waals surface area contributed by atoms with Gasteiger partial charge in [-0.2, -0.15) is 0 Å². The van der Waals surface area contributed by atoms with Gasteiger partial charge in [0.25, 0.3) is 0 Å².